The zero-order chi connectivity index (χ0) is 17.2. The summed E-state index contributed by atoms with van der Waals surface area (Å²) in [4.78, 5) is 15.1. The highest BCUT2D eigenvalue weighted by atomic mass is 16.6. The Labute approximate surface area is 138 Å². The van der Waals surface area contributed by atoms with E-state index in [4.69, 9.17) is 0 Å². The van der Waals surface area contributed by atoms with Gasteiger partial charge in [0.15, 0.2) is 5.54 Å². The Morgan fingerprint density at radius 3 is 2.67 bits per heavy atom. The number of nitrogens with zero attached hydrogens (tertiary/aromatic N) is 4. The Kier molecular flexibility index (Phi) is 3.84. The lowest BCUT2D eigenvalue weighted by Crippen LogP contribution is -2.34. The predicted octanol–water partition coefficient (Wildman–Crippen LogP) is 3.42. The van der Waals surface area contributed by atoms with E-state index in [-0.39, 0.29) is 5.69 Å². The second-order valence-electron chi connectivity index (χ2n) is 5.44. The maximum Gasteiger partial charge on any atom is 0.276 e. The first-order valence-electron chi connectivity index (χ1n) is 7.30. The molecule has 1 atom stereocenters. The van der Waals surface area contributed by atoms with Gasteiger partial charge in [0.05, 0.1) is 16.8 Å². The summed E-state index contributed by atoms with van der Waals surface area (Å²) in [6, 6.07) is 16.0. The molecule has 0 saturated heterocycles. The van der Waals surface area contributed by atoms with Crippen molar-refractivity contribution in [1.82, 2.24) is 9.55 Å². The van der Waals surface area contributed by atoms with E-state index in [2.05, 4.69) is 11.1 Å². The summed E-state index contributed by atoms with van der Waals surface area (Å²) < 4.78 is 1.60. The Balaban J connectivity index is 2.41. The Hall–Kier alpha value is -3.46. The molecule has 0 fully saturated rings. The minimum absolute atomic E-state index is 0.103. The highest BCUT2D eigenvalue weighted by molar-refractivity contribution is 5.55. The molecular weight excluding hydrogens is 304 g/mol. The van der Waals surface area contributed by atoms with E-state index in [9.17, 15) is 15.4 Å². The van der Waals surface area contributed by atoms with E-state index in [0.29, 0.717) is 11.1 Å². The minimum atomic E-state index is -1.37. The van der Waals surface area contributed by atoms with Gasteiger partial charge in [0.2, 0.25) is 0 Å². The molecule has 118 valence electrons. The van der Waals surface area contributed by atoms with Crippen LogP contribution in [-0.4, -0.2) is 14.5 Å². The third-order valence-corrected chi connectivity index (χ3v) is 3.98. The lowest BCUT2D eigenvalue weighted by molar-refractivity contribution is -0.385. The number of nitro benzene ring substituents is 1. The number of benzene rings is 2. The fraction of sp³-hybridized carbons (Fsp3) is 0.111. The Morgan fingerprint density at radius 2 is 2.04 bits per heavy atom. The van der Waals surface area contributed by atoms with E-state index in [0.717, 1.165) is 5.56 Å². The summed E-state index contributed by atoms with van der Waals surface area (Å²) >= 11 is 0. The average molecular weight is 318 g/mol. The van der Waals surface area contributed by atoms with Crippen LogP contribution in [0.2, 0.25) is 0 Å². The van der Waals surface area contributed by atoms with Crippen LogP contribution in [0.15, 0.2) is 67.3 Å². The maximum atomic E-state index is 11.5. The molecule has 1 aromatic heterocycles. The third kappa shape index (κ3) is 2.32. The summed E-state index contributed by atoms with van der Waals surface area (Å²) in [6.45, 7) is 1.92. The van der Waals surface area contributed by atoms with Crippen molar-refractivity contribution in [3.8, 4) is 6.07 Å². The molecule has 6 nitrogen and oxygen atoms in total. The first-order chi connectivity index (χ1) is 11.6. The second-order valence-corrected chi connectivity index (χ2v) is 5.44. The largest absolute Gasteiger partial charge is 0.310 e. The van der Waals surface area contributed by atoms with E-state index >= 15 is 0 Å². The summed E-state index contributed by atoms with van der Waals surface area (Å²) in [6.07, 6.45) is 4.70. The number of rotatable bonds is 4. The van der Waals surface area contributed by atoms with Gasteiger partial charge in [0.1, 0.15) is 6.07 Å². The van der Waals surface area contributed by atoms with Gasteiger partial charge in [-0.15, -0.1) is 0 Å². The molecule has 24 heavy (non-hydrogen) atoms. The Morgan fingerprint density at radius 1 is 1.25 bits per heavy atom. The van der Waals surface area contributed by atoms with Crippen LogP contribution in [0.25, 0.3) is 0 Å². The number of para-hydroxylation sites is 1. The molecule has 0 aliphatic heterocycles. The molecule has 0 saturated carbocycles. The smallest absolute Gasteiger partial charge is 0.276 e. The molecule has 1 unspecified atom stereocenters. The van der Waals surface area contributed by atoms with E-state index < -0.39 is 10.5 Å². The molecule has 0 aliphatic rings. The third-order valence-electron chi connectivity index (χ3n) is 3.98. The van der Waals surface area contributed by atoms with Crippen molar-refractivity contribution in [2.75, 3.05) is 0 Å². The number of aryl methyl sites for hydroxylation is 1. The van der Waals surface area contributed by atoms with E-state index in [1.165, 1.54) is 12.4 Å². The van der Waals surface area contributed by atoms with Crippen LogP contribution in [0.4, 0.5) is 5.69 Å². The van der Waals surface area contributed by atoms with Crippen molar-refractivity contribution in [3.05, 3.63) is 94.1 Å². The molecular formula is C18H14N4O2. The summed E-state index contributed by atoms with van der Waals surface area (Å²) in [5, 5.41) is 21.7. The van der Waals surface area contributed by atoms with Crippen LogP contribution >= 0.6 is 0 Å². The SMILES string of the molecule is Cc1cccc(C(C#N)(c2ccccc2[N+](=O)[O-])n2ccnc2)c1. The second kappa shape index (κ2) is 5.97. The van der Waals surface area contributed by atoms with Gasteiger partial charge in [-0.3, -0.25) is 10.1 Å². The summed E-state index contributed by atoms with van der Waals surface area (Å²) in [7, 11) is 0. The van der Waals surface area contributed by atoms with Gasteiger partial charge in [-0.1, -0.05) is 42.0 Å². The van der Waals surface area contributed by atoms with Crippen molar-refractivity contribution < 1.29 is 4.92 Å². The number of nitriles is 1. The normalized spacial score (nSPS) is 13.0. The molecule has 3 aromatic rings. The average Bonchev–Trinajstić information content (AvgIpc) is 3.11. The number of hydrogen-bond donors (Lipinski definition) is 0. The molecule has 0 N–H and O–H groups in total. The predicted molar refractivity (Wildman–Crippen MR) is 88.3 cm³/mol. The van der Waals surface area contributed by atoms with Gasteiger partial charge >= 0.3 is 0 Å². The highest BCUT2D eigenvalue weighted by Gasteiger charge is 2.41. The topological polar surface area (TPSA) is 84.7 Å². The zero-order valence-electron chi connectivity index (χ0n) is 13.0. The monoisotopic (exact) mass is 318 g/mol. The van der Waals surface area contributed by atoms with Gasteiger partial charge in [-0.05, 0) is 18.6 Å². The fourth-order valence-electron chi connectivity index (χ4n) is 2.89. The first-order valence-corrected chi connectivity index (χ1v) is 7.30. The van der Waals surface area contributed by atoms with Crippen LogP contribution in [0.1, 0.15) is 16.7 Å². The van der Waals surface area contributed by atoms with E-state index in [1.54, 1.807) is 41.2 Å². The summed E-state index contributed by atoms with van der Waals surface area (Å²) in [5.41, 5.74) is 0.449. The van der Waals surface area contributed by atoms with Gasteiger partial charge < -0.3 is 4.57 Å². The van der Waals surface area contributed by atoms with Crippen LogP contribution < -0.4 is 0 Å². The molecule has 0 aliphatic carbocycles. The quantitative estimate of drug-likeness (QED) is 0.545. The van der Waals surface area contributed by atoms with Gasteiger partial charge in [-0.2, -0.15) is 5.26 Å². The Bertz CT molecular complexity index is 928. The van der Waals surface area contributed by atoms with Crippen molar-refractivity contribution in [1.29, 1.82) is 5.26 Å². The molecule has 3 rings (SSSR count). The van der Waals surface area contributed by atoms with Crippen LogP contribution in [0.3, 0.4) is 0 Å². The molecule has 0 radical (unpaired) electrons. The number of imidazole rings is 1. The van der Waals surface area contributed by atoms with Crippen molar-refractivity contribution in [2.24, 2.45) is 0 Å². The van der Waals surface area contributed by atoms with Gasteiger partial charge in [0, 0.05) is 18.5 Å². The number of aromatic nitrogens is 2. The summed E-state index contributed by atoms with van der Waals surface area (Å²) in [5.74, 6) is 0. The lowest BCUT2D eigenvalue weighted by Gasteiger charge is -2.29. The number of hydrogen-bond acceptors (Lipinski definition) is 4. The first kappa shape index (κ1) is 15.4. The minimum Gasteiger partial charge on any atom is -0.310 e. The highest BCUT2D eigenvalue weighted by Crippen LogP contribution is 2.38. The standard InChI is InChI=1S/C18H14N4O2/c1-14-5-4-6-15(11-14)18(12-19,21-10-9-20-13-21)16-7-2-3-8-17(16)22(23)24/h2-11,13H,1H3. The molecule has 6 heteroatoms. The zero-order valence-corrected chi connectivity index (χ0v) is 13.0. The van der Waals surface area contributed by atoms with Crippen molar-refractivity contribution in [2.45, 2.75) is 12.5 Å². The fourth-order valence-corrected chi connectivity index (χ4v) is 2.89. The molecule has 0 bridgehead atoms. The molecule has 0 spiro atoms. The maximum absolute atomic E-state index is 11.5. The van der Waals surface area contributed by atoms with E-state index in [1.807, 2.05) is 25.1 Å². The molecule has 0 amide bonds. The van der Waals surface area contributed by atoms with Crippen molar-refractivity contribution >= 4 is 5.69 Å². The van der Waals surface area contributed by atoms with Crippen molar-refractivity contribution in [3.63, 3.8) is 0 Å². The van der Waals surface area contributed by atoms with Crippen LogP contribution in [0.5, 0.6) is 0 Å². The molecule has 2 aromatic carbocycles. The number of nitro groups is 1. The van der Waals surface area contributed by atoms with Crippen LogP contribution in [-0.2, 0) is 5.54 Å². The lowest BCUT2D eigenvalue weighted by atomic mass is 9.82. The van der Waals surface area contributed by atoms with Gasteiger partial charge in [-0.25, -0.2) is 4.98 Å². The molecule has 1 heterocycles. The van der Waals surface area contributed by atoms with Crippen LogP contribution in [0, 0.1) is 28.4 Å². The van der Waals surface area contributed by atoms with Gasteiger partial charge in [0.25, 0.3) is 5.69 Å².